The van der Waals surface area contributed by atoms with E-state index in [0.717, 1.165) is 5.39 Å². The SMILES string of the molecule is NC(=O)NC(=O)COC(=O)c1cc2ccccc2o1. The molecule has 0 spiro atoms. The van der Waals surface area contributed by atoms with Gasteiger partial charge >= 0.3 is 12.0 Å². The summed E-state index contributed by atoms with van der Waals surface area (Å²) in [5.74, 6) is -1.62. The summed E-state index contributed by atoms with van der Waals surface area (Å²) in [6, 6.07) is 7.53. The first kappa shape index (κ1) is 12.6. The number of carbonyl (C=O) groups is 3. The predicted molar refractivity (Wildman–Crippen MR) is 64.2 cm³/mol. The Balaban J connectivity index is 2.00. The van der Waals surface area contributed by atoms with Crippen molar-refractivity contribution in [3.05, 3.63) is 36.1 Å². The predicted octanol–water partition coefficient (Wildman–Crippen LogP) is 0.785. The van der Waals surface area contributed by atoms with E-state index in [9.17, 15) is 14.4 Å². The number of furan rings is 1. The number of urea groups is 1. The Hall–Kier alpha value is -2.83. The lowest BCUT2D eigenvalue weighted by atomic mass is 10.2. The van der Waals surface area contributed by atoms with Crippen LogP contribution in [0.1, 0.15) is 10.6 Å². The lowest BCUT2D eigenvalue weighted by molar-refractivity contribution is -0.123. The first-order valence-corrected chi connectivity index (χ1v) is 5.31. The molecule has 1 heterocycles. The minimum atomic E-state index is -1.01. The maximum atomic E-state index is 11.6. The number of nitrogens with two attached hydrogens (primary N) is 1. The number of benzene rings is 1. The van der Waals surface area contributed by atoms with Crippen LogP contribution in [0.25, 0.3) is 11.0 Å². The van der Waals surface area contributed by atoms with Crippen molar-refractivity contribution in [1.29, 1.82) is 0 Å². The van der Waals surface area contributed by atoms with E-state index >= 15 is 0 Å². The zero-order valence-electron chi connectivity index (χ0n) is 9.71. The van der Waals surface area contributed by atoms with Crippen LogP contribution < -0.4 is 11.1 Å². The highest BCUT2D eigenvalue weighted by molar-refractivity contribution is 5.97. The number of nitrogens with one attached hydrogen (secondary N) is 1. The normalized spacial score (nSPS) is 10.1. The summed E-state index contributed by atoms with van der Waals surface area (Å²) in [6.45, 7) is -0.612. The molecular formula is C12H10N2O5. The molecule has 0 atom stereocenters. The van der Waals surface area contributed by atoms with Gasteiger partial charge in [-0.15, -0.1) is 0 Å². The molecule has 1 aromatic carbocycles. The van der Waals surface area contributed by atoms with Gasteiger partial charge < -0.3 is 14.9 Å². The zero-order valence-corrected chi connectivity index (χ0v) is 9.71. The molecule has 0 aliphatic carbocycles. The van der Waals surface area contributed by atoms with Crippen molar-refractivity contribution >= 4 is 28.9 Å². The number of ether oxygens (including phenoxy) is 1. The molecule has 0 aliphatic rings. The molecule has 1 aromatic heterocycles. The average molecular weight is 262 g/mol. The number of primary amides is 1. The van der Waals surface area contributed by atoms with Crippen LogP contribution >= 0.6 is 0 Å². The second-order valence-corrected chi connectivity index (χ2v) is 3.64. The van der Waals surface area contributed by atoms with Crippen molar-refractivity contribution in [2.24, 2.45) is 5.73 Å². The quantitative estimate of drug-likeness (QED) is 0.794. The summed E-state index contributed by atoms with van der Waals surface area (Å²) in [6.07, 6.45) is 0. The zero-order chi connectivity index (χ0) is 13.8. The van der Waals surface area contributed by atoms with E-state index in [-0.39, 0.29) is 5.76 Å². The standard InChI is InChI=1S/C12H10N2O5/c13-12(17)14-10(15)6-18-11(16)9-5-7-3-1-2-4-8(7)19-9/h1-5H,6H2,(H3,13,14,15,17). The van der Waals surface area contributed by atoms with E-state index in [4.69, 9.17) is 10.2 Å². The highest BCUT2D eigenvalue weighted by Crippen LogP contribution is 2.19. The summed E-state index contributed by atoms with van der Waals surface area (Å²) < 4.78 is 9.91. The molecule has 7 nitrogen and oxygen atoms in total. The summed E-state index contributed by atoms with van der Waals surface area (Å²) in [4.78, 5) is 33.0. The Bertz CT molecular complexity index is 613. The van der Waals surface area contributed by atoms with Crippen LogP contribution in [0.4, 0.5) is 4.79 Å². The van der Waals surface area contributed by atoms with Crippen LogP contribution in [-0.4, -0.2) is 24.5 Å². The number of carbonyl (C=O) groups excluding carboxylic acids is 3. The Labute approximate surface area is 107 Å². The maximum absolute atomic E-state index is 11.6. The van der Waals surface area contributed by atoms with Crippen molar-refractivity contribution < 1.29 is 23.5 Å². The second kappa shape index (κ2) is 5.21. The van der Waals surface area contributed by atoms with Gasteiger partial charge in [0.05, 0.1) is 0 Å². The van der Waals surface area contributed by atoms with Crippen LogP contribution in [-0.2, 0) is 9.53 Å². The van der Waals surface area contributed by atoms with Gasteiger partial charge in [-0.05, 0) is 12.1 Å². The molecule has 0 saturated heterocycles. The lowest BCUT2D eigenvalue weighted by Crippen LogP contribution is -2.37. The van der Waals surface area contributed by atoms with Gasteiger partial charge in [0, 0.05) is 5.39 Å². The van der Waals surface area contributed by atoms with Crippen LogP contribution in [0.5, 0.6) is 0 Å². The van der Waals surface area contributed by atoms with Crippen molar-refractivity contribution in [3.8, 4) is 0 Å². The van der Waals surface area contributed by atoms with Crippen molar-refractivity contribution in [2.45, 2.75) is 0 Å². The molecule has 0 saturated carbocycles. The topological polar surface area (TPSA) is 112 Å². The number of fused-ring (bicyclic) bond motifs is 1. The fraction of sp³-hybridized carbons (Fsp3) is 0.0833. The van der Waals surface area contributed by atoms with E-state index in [2.05, 4.69) is 4.74 Å². The summed E-state index contributed by atoms with van der Waals surface area (Å²) in [5.41, 5.74) is 5.27. The molecule has 0 unspecified atom stereocenters. The third-order valence-electron chi connectivity index (χ3n) is 2.22. The largest absolute Gasteiger partial charge is 0.450 e. The van der Waals surface area contributed by atoms with E-state index in [1.165, 1.54) is 6.07 Å². The Kier molecular flexibility index (Phi) is 3.46. The molecular weight excluding hydrogens is 252 g/mol. The van der Waals surface area contributed by atoms with Gasteiger partial charge in [0.15, 0.2) is 6.61 Å². The second-order valence-electron chi connectivity index (χ2n) is 3.64. The van der Waals surface area contributed by atoms with Gasteiger partial charge in [0.25, 0.3) is 5.91 Å². The fourth-order valence-corrected chi connectivity index (χ4v) is 1.46. The third-order valence-corrected chi connectivity index (χ3v) is 2.22. The number of rotatable bonds is 3. The minimum Gasteiger partial charge on any atom is -0.450 e. The van der Waals surface area contributed by atoms with E-state index in [0.29, 0.717) is 5.58 Å². The first-order valence-electron chi connectivity index (χ1n) is 5.31. The molecule has 3 amide bonds. The van der Waals surface area contributed by atoms with Crippen LogP contribution in [0.15, 0.2) is 34.7 Å². The van der Waals surface area contributed by atoms with Crippen molar-refractivity contribution in [1.82, 2.24) is 5.32 Å². The molecule has 7 heteroatoms. The number of hydrogen-bond acceptors (Lipinski definition) is 5. The van der Waals surface area contributed by atoms with E-state index < -0.39 is 24.5 Å². The average Bonchev–Trinajstić information content (AvgIpc) is 2.78. The third kappa shape index (κ3) is 3.09. The number of esters is 1. The Morgan fingerprint density at radius 3 is 2.68 bits per heavy atom. The fourth-order valence-electron chi connectivity index (χ4n) is 1.46. The van der Waals surface area contributed by atoms with Gasteiger partial charge in [-0.1, -0.05) is 18.2 Å². The number of imide groups is 1. The number of para-hydroxylation sites is 1. The smallest absolute Gasteiger partial charge is 0.374 e. The molecule has 0 bridgehead atoms. The first-order chi connectivity index (χ1) is 9.06. The molecule has 2 aromatic rings. The van der Waals surface area contributed by atoms with Crippen LogP contribution in [0, 0.1) is 0 Å². The van der Waals surface area contributed by atoms with Gasteiger partial charge in [-0.2, -0.15) is 0 Å². The minimum absolute atomic E-state index is 0.0203. The van der Waals surface area contributed by atoms with Crippen molar-refractivity contribution in [2.75, 3.05) is 6.61 Å². The number of hydrogen-bond donors (Lipinski definition) is 2. The van der Waals surface area contributed by atoms with Gasteiger partial charge in [0.2, 0.25) is 5.76 Å². The molecule has 98 valence electrons. The Morgan fingerprint density at radius 1 is 1.26 bits per heavy atom. The van der Waals surface area contributed by atoms with E-state index in [1.807, 2.05) is 0 Å². The van der Waals surface area contributed by atoms with Crippen molar-refractivity contribution in [3.63, 3.8) is 0 Å². The summed E-state index contributed by atoms with van der Waals surface area (Å²) in [7, 11) is 0. The maximum Gasteiger partial charge on any atom is 0.374 e. The summed E-state index contributed by atoms with van der Waals surface area (Å²) >= 11 is 0. The van der Waals surface area contributed by atoms with Gasteiger partial charge in [0.1, 0.15) is 5.58 Å². The van der Waals surface area contributed by atoms with Gasteiger partial charge in [-0.25, -0.2) is 9.59 Å². The highest BCUT2D eigenvalue weighted by atomic mass is 16.5. The van der Waals surface area contributed by atoms with Crippen LogP contribution in [0.2, 0.25) is 0 Å². The summed E-state index contributed by atoms with van der Waals surface area (Å²) in [5, 5.41) is 2.51. The molecule has 0 aliphatic heterocycles. The van der Waals surface area contributed by atoms with Gasteiger partial charge in [-0.3, -0.25) is 10.1 Å². The lowest BCUT2D eigenvalue weighted by Gasteiger charge is -2.01. The molecule has 3 N–H and O–H groups in total. The molecule has 0 radical (unpaired) electrons. The highest BCUT2D eigenvalue weighted by Gasteiger charge is 2.15. The molecule has 19 heavy (non-hydrogen) atoms. The number of amides is 3. The molecule has 2 rings (SSSR count). The van der Waals surface area contributed by atoms with Crippen LogP contribution in [0.3, 0.4) is 0 Å². The Morgan fingerprint density at radius 2 is 2.00 bits per heavy atom. The molecule has 0 fully saturated rings. The van der Waals surface area contributed by atoms with E-state index in [1.54, 1.807) is 29.6 Å². The monoisotopic (exact) mass is 262 g/mol.